The van der Waals surface area contributed by atoms with Gasteiger partial charge in [0, 0.05) is 30.3 Å². The number of rotatable bonds is 4. The lowest BCUT2D eigenvalue weighted by molar-refractivity contribution is 0.725. The van der Waals surface area contributed by atoms with Crippen molar-refractivity contribution in [3.8, 4) is 0 Å². The first kappa shape index (κ1) is 11.9. The summed E-state index contributed by atoms with van der Waals surface area (Å²) in [5.41, 5.74) is 8.07. The van der Waals surface area contributed by atoms with Gasteiger partial charge in [-0.15, -0.1) is 0 Å². The fourth-order valence-electron chi connectivity index (χ4n) is 2.05. The molecule has 2 rings (SSSR count). The molecule has 1 aliphatic carbocycles. The molecule has 3 heteroatoms. The molecule has 1 saturated carbocycles. The van der Waals surface area contributed by atoms with E-state index in [0.717, 1.165) is 28.4 Å². The van der Waals surface area contributed by atoms with Gasteiger partial charge in [0.05, 0.1) is 0 Å². The van der Waals surface area contributed by atoms with Crippen molar-refractivity contribution in [3.05, 3.63) is 28.2 Å². The number of anilines is 1. The lowest BCUT2D eigenvalue weighted by Crippen LogP contribution is -2.20. The van der Waals surface area contributed by atoms with Crippen LogP contribution in [0.15, 0.2) is 22.7 Å². The number of nitrogens with zero attached hydrogens (tertiary/aromatic N) is 1. The summed E-state index contributed by atoms with van der Waals surface area (Å²) < 4.78 is 1.11. The van der Waals surface area contributed by atoms with E-state index in [1.54, 1.807) is 0 Å². The van der Waals surface area contributed by atoms with Crippen molar-refractivity contribution in [1.82, 2.24) is 0 Å². The van der Waals surface area contributed by atoms with Crippen LogP contribution in [-0.2, 0) is 6.54 Å². The maximum absolute atomic E-state index is 5.64. The van der Waals surface area contributed by atoms with Gasteiger partial charge in [-0.1, -0.05) is 28.9 Å². The summed E-state index contributed by atoms with van der Waals surface area (Å²) in [4.78, 5) is 2.33. The molecule has 0 spiro atoms. The topological polar surface area (TPSA) is 29.3 Å². The quantitative estimate of drug-likeness (QED) is 0.920. The molecule has 1 aromatic rings. The Balaban J connectivity index is 2.05. The molecule has 88 valence electrons. The van der Waals surface area contributed by atoms with Gasteiger partial charge in [0.2, 0.25) is 0 Å². The van der Waals surface area contributed by atoms with E-state index in [0.29, 0.717) is 6.54 Å². The number of nitrogens with two attached hydrogens (primary N) is 1. The highest BCUT2D eigenvalue weighted by molar-refractivity contribution is 9.10. The van der Waals surface area contributed by atoms with E-state index in [1.165, 1.54) is 12.1 Å². The first-order chi connectivity index (χ1) is 7.61. The van der Waals surface area contributed by atoms with E-state index in [4.69, 9.17) is 5.73 Å². The molecule has 2 atom stereocenters. The molecular weight excluding hydrogens is 264 g/mol. The zero-order valence-corrected chi connectivity index (χ0v) is 11.5. The maximum atomic E-state index is 5.64. The third-order valence-electron chi connectivity index (χ3n) is 3.48. The van der Waals surface area contributed by atoms with Crippen LogP contribution < -0.4 is 10.6 Å². The highest BCUT2D eigenvalue weighted by Crippen LogP contribution is 2.38. The molecule has 16 heavy (non-hydrogen) atoms. The molecule has 2 unspecified atom stereocenters. The van der Waals surface area contributed by atoms with E-state index in [1.807, 2.05) is 0 Å². The lowest BCUT2D eigenvalue weighted by Gasteiger charge is -2.20. The average Bonchev–Trinajstić information content (AvgIpc) is 2.94. The van der Waals surface area contributed by atoms with E-state index >= 15 is 0 Å². The molecule has 0 heterocycles. The first-order valence-electron chi connectivity index (χ1n) is 5.81. The normalized spacial score (nSPS) is 23.2. The molecule has 0 amide bonds. The van der Waals surface area contributed by atoms with Gasteiger partial charge in [-0.3, -0.25) is 0 Å². The summed E-state index contributed by atoms with van der Waals surface area (Å²) in [6.07, 6.45) is 1.38. The minimum atomic E-state index is 0.588. The Hall–Kier alpha value is -0.540. The molecule has 0 radical (unpaired) electrons. The summed E-state index contributed by atoms with van der Waals surface area (Å²) in [5, 5.41) is 0. The summed E-state index contributed by atoms with van der Waals surface area (Å²) in [6.45, 7) is 4.08. The number of hydrogen-bond donors (Lipinski definition) is 1. The predicted octanol–water partition coefficient (Wildman–Crippen LogP) is 3.00. The molecule has 0 saturated heterocycles. The Morgan fingerprint density at radius 3 is 2.69 bits per heavy atom. The Bertz CT molecular complexity index is 378. The molecule has 0 aromatic heterocycles. The summed E-state index contributed by atoms with van der Waals surface area (Å²) >= 11 is 3.56. The van der Waals surface area contributed by atoms with Gasteiger partial charge in [-0.05, 0) is 36.0 Å². The predicted molar refractivity (Wildman–Crippen MR) is 72.6 cm³/mol. The summed E-state index contributed by atoms with van der Waals surface area (Å²) in [7, 11) is 2.16. The standard InChI is InChI=1S/C13H19BrN2/c1-9-5-11(9)8-16(2)12-4-3-10(7-15)13(14)6-12/h3-4,6,9,11H,5,7-8,15H2,1-2H3. The second-order valence-electron chi connectivity index (χ2n) is 4.83. The minimum absolute atomic E-state index is 0.588. The van der Waals surface area contributed by atoms with Crippen molar-refractivity contribution >= 4 is 21.6 Å². The number of hydrogen-bond acceptors (Lipinski definition) is 2. The van der Waals surface area contributed by atoms with Crippen LogP contribution in [0.3, 0.4) is 0 Å². The van der Waals surface area contributed by atoms with Gasteiger partial charge in [0.15, 0.2) is 0 Å². The molecule has 1 aromatic carbocycles. The van der Waals surface area contributed by atoms with E-state index in [-0.39, 0.29) is 0 Å². The van der Waals surface area contributed by atoms with Crippen molar-refractivity contribution in [2.75, 3.05) is 18.5 Å². The summed E-state index contributed by atoms with van der Waals surface area (Å²) in [5.74, 6) is 1.80. The Kier molecular flexibility index (Phi) is 3.55. The third-order valence-corrected chi connectivity index (χ3v) is 4.22. The number of halogens is 1. The van der Waals surface area contributed by atoms with Gasteiger partial charge in [-0.25, -0.2) is 0 Å². The van der Waals surface area contributed by atoms with Crippen LogP contribution in [0.1, 0.15) is 18.9 Å². The van der Waals surface area contributed by atoms with Crippen LogP contribution in [0, 0.1) is 11.8 Å². The van der Waals surface area contributed by atoms with Crippen molar-refractivity contribution in [2.24, 2.45) is 17.6 Å². The lowest BCUT2D eigenvalue weighted by atomic mass is 10.2. The average molecular weight is 283 g/mol. The Labute approximate surface area is 106 Å². The van der Waals surface area contributed by atoms with Crippen molar-refractivity contribution in [3.63, 3.8) is 0 Å². The SMILES string of the molecule is CC1CC1CN(C)c1ccc(CN)c(Br)c1. The largest absolute Gasteiger partial charge is 0.374 e. The van der Waals surface area contributed by atoms with Gasteiger partial charge < -0.3 is 10.6 Å². The Morgan fingerprint density at radius 1 is 1.50 bits per heavy atom. The minimum Gasteiger partial charge on any atom is -0.374 e. The van der Waals surface area contributed by atoms with Gasteiger partial charge in [0.1, 0.15) is 0 Å². The fourth-order valence-corrected chi connectivity index (χ4v) is 2.58. The van der Waals surface area contributed by atoms with E-state index in [9.17, 15) is 0 Å². The molecule has 1 fully saturated rings. The second-order valence-corrected chi connectivity index (χ2v) is 5.69. The van der Waals surface area contributed by atoms with Gasteiger partial charge in [-0.2, -0.15) is 0 Å². The molecule has 2 nitrogen and oxygen atoms in total. The molecule has 0 aliphatic heterocycles. The van der Waals surface area contributed by atoms with E-state index < -0.39 is 0 Å². The van der Waals surface area contributed by atoms with Crippen LogP contribution in [0.25, 0.3) is 0 Å². The molecule has 0 bridgehead atoms. The van der Waals surface area contributed by atoms with E-state index in [2.05, 4.69) is 53.0 Å². The monoisotopic (exact) mass is 282 g/mol. The molecule has 1 aliphatic rings. The highest BCUT2D eigenvalue weighted by Gasteiger charge is 2.33. The van der Waals surface area contributed by atoms with Crippen LogP contribution in [0.5, 0.6) is 0 Å². The molecular formula is C13H19BrN2. The first-order valence-corrected chi connectivity index (χ1v) is 6.60. The third kappa shape index (κ3) is 2.58. The van der Waals surface area contributed by atoms with Crippen LogP contribution in [-0.4, -0.2) is 13.6 Å². The van der Waals surface area contributed by atoms with Crippen LogP contribution in [0.2, 0.25) is 0 Å². The van der Waals surface area contributed by atoms with Crippen molar-refractivity contribution in [1.29, 1.82) is 0 Å². The van der Waals surface area contributed by atoms with Crippen molar-refractivity contribution < 1.29 is 0 Å². The fraction of sp³-hybridized carbons (Fsp3) is 0.538. The zero-order chi connectivity index (χ0) is 11.7. The van der Waals surface area contributed by atoms with Crippen LogP contribution >= 0.6 is 15.9 Å². The summed E-state index contributed by atoms with van der Waals surface area (Å²) in [6, 6.07) is 6.42. The van der Waals surface area contributed by atoms with Crippen LogP contribution in [0.4, 0.5) is 5.69 Å². The highest BCUT2D eigenvalue weighted by atomic mass is 79.9. The Morgan fingerprint density at radius 2 is 2.19 bits per heavy atom. The number of benzene rings is 1. The van der Waals surface area contributed by atoms with Gasteiger partial charge in [0.25, 0.3) is 0 Å². The van der Waals surface area contributed by atoms with Gasteiger partial charge >= 0.3 is 0 Å². The van der Waals surface area contributed by atoms with Crippen molar-refractivity contribution in [2.45, 2.75) is 19.9 Å². The smallest absolute Gasteiger partial charge is 0.0375 e. The second kappa shape index (κ2) is 4.76. The molecule has 2 N–H and O–H groups in total. The maximum Gasteiger partial charge on any atom is 0.0375 e. The zero-order valence-electron chi connectivity index (χ0n) is 9.91.